The summed E-state index contributed by atoms with van der Waals surface area (Å²) in [5, 5.41) is 14.7. The Morgan fingerprint density at radius 1 is 1.33 bits per heavy atom. The van der Waals surface area contributed by atoms with Crippen LogP contribution in [0.15, 0.2) is 30.0 Å². The van der Waals surface area contributed by atoms with Gasteiger partial charge >= 0.3 is 6.09 Å². The lowest BCUT2D eigenvalue weighted by atomic mass is 10.2. The maximum atomic E-state index is 13.3. The van der Waals surface area contributed by atoms with Crippen LogP contribution in [-0.2, 0) is 15.7 Å². The number of aromatic nitrogens is 4. The lowest BCUT2D eigenvalue weighted by Gasteiger charge is -2.36. The molecule has 0 bridgehead atoms. The van der Waals surface area contributed by atoms with Gasteiger partial charge in [0.05, 0.1) is 16.8 Å². The molecule has 12 nitrogen and oxygen atoms in total. The van der Waals surface area contributed by atoms with Crippen molar-refractivity contribution in [3.05, 3.63) is 35.3 Å². The van der Waals surface area contributed by atoms with Gasteiger partial charge in [-0.25, -0.2) is 27.5 Å². The van der Waals surface area contributed by atoms with E-state index in [0.717, 1.165) is 30.4 Å². The van der Waals surface area contributed by atoms with E-state index in [9.17, 15) is 17.8 Å². The van der Waals surface area contributed by atoms with Gasteiger partial charge in [-0.2, -0.15) is 0 Å². The molecule has 0 aromatic carbocycles. The fourth-order valence-electron chi connectivity index (χ4n) is 4.14. The predicted octanol–water partition coefficient (Wildman–Crippen LogP) is 4.12. The topological polar surface area (TPSA) is 128 Å². The fraction of sp³-hybridized carbons (Fsp3) is 0.520. The minimum Gasteiger partial charge on any atom is -0.516 e. The van der Waals surface area contributed by atoms with E-state index < -0.39 is 22.4 Å². The average molecular weight is 647 g/mol. The van der Waals surface area contributed by atoms with Crippen LogP contribution in [0.4, 0.5) is 19.3 Å². The molecule has 1 unspecified atom stereocenters. The fourth-order valence-corrected chi connectivity index (χ4v) is 6.29. The SMILES string of the molecule is C=CO.CN(C)CCOC(=O)N1CCN(c2cc(S(=O)NC3(C)CC3)cn3c(-c4nnc(C(F)F)s4)nc(Cl)c23)CC1. The summed E-state index contributed by atoms with van der Waals surface area (Å²) in [5.74, 6) is 0.236. The maximum Gasteiger partial charge on any atom is 0.409 e. The van der Waals surface area contributed by atoms with E-state index in [0.29, 0.717) is 55.4 Å². The van der Waals surface area contributed by atoms with Gasteiger partial charge in [-0.15, -0.1) is 10.2 Å². The number of carbonyl (C=O) groups excluding carboxylic acids is 1. The third-order valence-electron chi connectivity index (χ3n) is 6.66. The molecule has 1 atom stereocenters. The van der Waals surface area contributed by atoms with Crippen LogP contribution in [0, 0.1) is 0 Å². The number of alkyl halides is 2. The quantitative estimate of drug-likeness (QED) is 0.330. The number of hydrogen-bond acceptors (Lipinski definition) is 10. The second-order valence-electron chi connectivity index (χ2n) is 10.3. The number of aliphatic hydroxyl groups is 1. The number of pyridine rings is 1. The van der Waals surface area contributed by atoms with Gasteiger partial charge in [0, 0.05) is 44.5 Å². The molecule has 4 heterocycles. The molecular formula is C25H33ClF2N8O4S2. The number of imidazole rings is 1. The van der Waals surface area contributed by atoms with Crippen molar-refractivity contribution in [3.63, 3.8) is 0 Å². The number of nitrogens with zero attached hydrogens (tertiary/aromatic N) is 7. The van der Waals surface area contributed by atoms with Gasteiger partial charge in [-0.3, -0.25) is 4.40 Å². The highest BCUT2D eigenvalue weighted by molar-refractivity contribution is 7.83. The molecule has 42 heavy (non-hydrogen) atoms. The average Bonchev–Trinajstić information content (AvgIpc) is 3.32. The largest absolute Gasteiger partial charge is 0.516 e. The number of carbonyl (C=O) groups is 1. The summed E-state index contributed by atoms with van der Waals surface area (Å²) in [6.07, 6.45) is 1.11. The minimum absolute atomic E-state index is 0.152. The van der Waals surface area contributed by atoms with E-state index in [2.05, 4.69) is 26.5 Å². The van der Waals surface area contributed by atoms with Crippen LogP contribution >= 0.6 is 22.9 Å². The van der Waals surface area contributed by atoms with E-state index in [1.54, 1.807) is 21.6 Å². The van der Waals surface area contributed by atoms with Crippen molar-refractivity contribution in [2.45, 2.75) is 36.6 Å². The van der Waals surface area contributed by atoms with Gasteiger partial charge < -0.3 is 24.5 Å². The molecule has 1 aliphatic heterocycles. The Balaban J connectivity index is 0.00000129. The first kappa shape index (κ1) is 32.0. The number of ether oxygens (including phenoxy) is 1. The molecule has 230 valence electrons. The molecule has 2 N–H and O–H groups in total. The van der Waals surface area contributed by atoms with E-state index >= 15 is 0 Å². The molecule has 3 aromatic heterocycles. The monoisotopic (exact) mass is 646 g/mol. The third kappa shape index (κ3) is 7.53. The Hall–Kier alpha value is -2.92. The summed E-state index contributed by atoms with van der Waals surface area (Å²) in [7, 11) is 2.26. The Morgan fingerprint density at radius 2 is 2.00 bits per heavy atom. The van der Waals surface area contributed by atoms with Crippen molar-refractivity contribution in [1.82, 2.24) is 34.1 Å². The van der Waals surface area contributed by atoms with Crippen LogP contribution in [0.5, 0.6) is 0 Å². The van der Waals surface area contributed by atoms with Crippen LogP contribution in [0.2, 0.25) is 5.15 Å². The van der Waals surface area contributed by atoms with Crippen molar-refractivity contribution < 1.29 is 27.6 Å². The molecule has 0 radical (unpaired) electrons. The van der Waals surface area contributed by atoms with Crippen LogP contribution in [0.1, 0.15) is 31.2 Å². The van der Waals surface area contributed by atoms with Gasteiger partial charge in [-0.1, -0.05) is 29.5 Å². The van der Waals surface area contributed by atoms with Crippen molar-refractivity contribution in [2.75, 3.05) is 58.3 Å². The van der Waals surface area contributed by atoms with E-state index in [1.165, 1.54) is 0 Å². The number of halogens is 3. The molecule has 1 saturated heterocycles. The molecule has 1 amide bonds. The van der Waals surface area contributed by atoms with Gasteiger partial charge in [0.25, 0.3) is 6.43 Å². The molecule has 2 aliphatic rings. The van der Waals surface area contributed by atoms with Crippen molar-refractivity contribution in [1.29, 1.82) is 0 Å². The summed E-state index contributed by atoms with van der Waals surface area (Å²) in [6, 6.07) is 1.80. The second-order valence-corrected chi connectivity index (χ2v) is 12.8. The summed E-state index contributed by atoms with van der Waals surface area (Å²) >= 11 is 7.33. The zero-order valence-corrected chi connectivity index (χ0v) is 25.8. The number of aliphatic hydroxyl groups excluding tert-OH is 1. The van der Waals surface area contributed by atoms with Crippen LogP contribution in [0.3, 0.4) is 0 Å². The Labute approximate surface area is 253 Å². The van der Waals surface area contributed by atoms with Gasteiger partial charge in [0.2, 0.25) is 0 Å². The first-order valence-corrected chi connectivity index (χ1v) is 15.4. The summed E-state index contributed by atoms with van der Waals surface area (Å²) in [4.78, 5) is 23.0. The van der Waals surface area contributed by atoms with Crippen molar-refractivity contribution >= 4 is 51.2 Å². The van der Waals surface area contributed by atoms with Crippen molar-refractivity contribution in [2.24, 2.45) is 0 Å². The summed E-state index contributed by atoms with van der Waals surface area (Å²) in [6.45, 7) is 7.66. The molecular weight excluding hydrogens is 614 g/mol. The summed E-state index contributed by atoms with van der Waals surface area (Å²) < 4.78 is 49.9. The minimum atomic E-state index is -2.76. The third-order valence-corrected chi connectivity index (χ3v) is 9.18. The second kappa shape index (κ2) is 13.6. The zero-order valence-electron chi connectivity index (χ0n) is 23.4. The Morgan fingerprint density at radius 3 is 2.57 bits per heavy atom. The van der Waals surface area contributed by atoms with Crippen molar-refractivity contribution in [3.8, 4) is 10.8 Å². The number of likely N-dealkylation sites (N-methyl/N-ethyl adjacent to an activating group) is 1. The number of fused-ring (bicyclic) bond motifs is 1. The maximum absolute atomic E-state index is 13.3. The lowest BCUT2D eigenvalue weighted by Crippen LogP contribution is -2.49. The standard InChI is InChI=1S/C23H29ClF2N8O3S2.C2H4O/c1-23(4-5-23)30-39(36)14-12-15(32-6-8-33(9-7-32)22(35)37-11-10-31(2)3)16-17(24)27-19(34(16)13-14)21-29-28-20(38-21)18(25)26;1-2-3/h12-13,18,30H,4-11H2,1-3H3;2-3H,1H2. The molecule has 0 spiro atoms. The normalized spacial score (nSPS) is 16.9. The summed E-state index contributed by atoms with van der Waals surface area (Å²) in [5.41, 5.74) is 1.01. The molecule has 5 rings (SSSR count). The highest BCUT2D eigenvalue weighted by Crippen LogP contribution is 2.38. The Kier molecular flexibility index (Phi) is 10.4. The van der Waals surface area contributed by atoms with Crippen LogP contribution < -0.4 is 9.62 Å². The van der Waals surface area contributed by atoms with Gasteiger partial charge in [0.15, 0.2) is 21.0 Å². The molecule has 1 aliphatic carbocycles. The number of rotatable bonds is 9. The Bertz CT molecular complexity index is 1440. The first-order chi connectivity index (χ1) is 20.0. The zero-order chi connectivity index (χ0) is 30.6. The number of anilines is 1. The van der Waals surface area contributed by atoms with Gasteiger partial charge in [-0.05, 0) is 39.9 Å². The molecule has 3 aromatic rings. The van der Waals surface area contributed by atoms with E-state index in [-0.39, 0.29) is 27.6 Å². The highest BCUT2D eigenvalue weighted by Gasteiger charge is 2.39. The van der Waals surface area contributed by atoms with E-state index in [4.69, 9.17) is 21.4 Å². The smallest absolute Gasteiger partial charge is 0.409 e. The number of nitrogens with one attached hydrogen (secondary N) is 1. The molecule has 1 saturated carbocycles. The van der Waals surface area contributed by atoms with Crippen LogP contribution in [-0.4, -0.2) is 104 Å². The highest BCUT2D eigenvalue weighted by atomic mass is 35.5. The number of piperazine rings is 1. The number of hydrogen-bond donors (Lipinski definition) is 2. The molecule has 17 heteroatoms. The van der Waals surface area contributed by atoms with Gasteiger partial charge in [0.1, 0.15) is 23.1 Å². The predicted molar refractivity (Wildman–Crippen MR) is 158 cm³/mol. The van der Waals surface area contributed by atoms with E-state index in [1.807, 2.05) is 30.8 Å². The number of amides is 1. The van der Waals surface area contributed by atoms with Crippen LogP contribution in [0.25, 0.3) is 16.3 Å². The first-order valence-electron chi connectivity index (χ1n) is 13.1. The lowest BCUT2D eigenvalue weighted by molar-refractivity contribution is 0.0941. The molecule has 2 fully saturated rings.